The quantitative estimate of drug-likeness (QED) is 0.382. The van der Waals surface area contributed by atoms with E-state index in [1.54, 1.807) is 0 Å². The van der Waals surface area contributed by atoms with Gasteiger partial charge >= 0.3 is 0 Å². The number of rotatable bonds is 3. The molecule has 0 N–H and O–H groups in total. The maximum atomic E-state index is 5.62. The van der Waals surface area contributed by atoms with Crippen molar-refractivity contribution in [3.05, 3.63) is 71.8 Å². The van der Waals surface area contributed by atoms with E-state index >= 15 is 0 Å². The number of hydrogen-bond donors (Lipinski definition) is 0. The molecule has 1 aromatic heterocycles. The molecule has 1 heterocycles. The van der Waals surface area contributed by atoms with Crippen LogP contribution in [0.3, 0.4) is 0 Å². The molecule has 5 rings (SSSR count). The number of pyridine rings is 1. The van der Waals surface area contributed by atoms with E-state index in [9.17, 15) is 0 Å². The van der Waals surface area contributed by atoms with Crippen LogP contribution < -0.4 is 4.74 Å². The van der Waals surface area contributed by atoms with Crippen molar-refractivity contribution in [3.63, 3.8) is 0 Å². The zero-order valence-electron chi connectivity index (χ0n) is 16.5. The van der Waals surface area contributed by atoms with Crippen molar-refractivity contribution in [1.82, 2.24) is 4.98 Å². The average Bonchev–Trinajstić information content (AvgIpc) is 2.73. The molecule has 28 heavy (non-hydrogen) atoms. The largest absolute Gasteiger partial charge is 0.494 e. The Kier molecular flexibility index (Phi) is 4.27. The molecule has 0 bridgehead atoms. The van der Waals surface area contributed by atoms with Crippen LogP contribution in [0.15, 0.2) is 60.7 Å². The maximum Gasteiger partial charge on any atom is 0.119 e. The topological polar surface area (TPSA) is 22.1 Å². The maximum absolute atomic E-state index is 5.62. The Morgan fingerprint density at radius 3 is 2.61 bits per heavy atom. The van der Waals surface area contributed by atoms with E-state index in [0.717, 1.165) is 29.8 Å². The first kappa shape index (κ1) is 17.2. The molecule has 0 spiro atoms. The van der Waals surface area contributed by atoms with Gasteiger partial charge in [0.25, 0.3) is 0 Å². The van der Waals surface area contributed by atoms with Gasteiger partial charge in [-0.05, 0) is 84.3 Å². The van der Waals surface area contributed by atoms with Crippen LogP contribution in [0.1, 0.15) is 31.4 Å². The summed E-state index contributed by atoms with van der Waals surface area (Å²) in [6.07, 6.45) is 3.46. The standard InChI is InChI=1S/C26H25NO/c1-3-28-20-12-9-19(10-13-20)26-22-14-8-17(2)16-23(22)25-21-7-5-4-6-18(21)11-15-24(25)27-26/h4-7,9-13,15,17H,3,8,14,16H2,1-2H3. The highest BCUT2D eigenvalue weighted by atomic mass is 16.5. The summed E-state index contributed by atoms with van der Waals surface area (Å²) in [5.74, 6) is 1.63. The summed E-state index contributed by atoms with van der Waals surface area (Å²) in [7, 11) is 0. The Morgan fingerprint density at radius 1 is 0.964 bits per heavy atom. The van der Waals surface area contributed by atoms with E-state index in [1.165, 1.54) is 39.3 Å². The molecule has 4 aromatic rings. The first-order valence-corrected chi connectivity index (χ1v) is 10.3. The Morgan fingerprint density at radius 2 is 1.79 bits per heavy atom. The molecule has 0 radical (unpaired) electrons. The fourth-order valence-corrected chi connectivity index (χ4v) is 4.60. The smallest absolute Gasteiger partial charge is 0.119 e. The molecule has 0 amide bonds. The lowest BCUT2D eigenvalue weighted by atomic mass is 9.80. The van der Waals surface area contributed by atoms with Crippen molar-refractivity contribution < 1.29 is 4.74 Å². The number of ether oxygens (including phenoxy) is 1. The monoisotopic (exact) mass is 367 g/mol. The van der Waals surface area contributed by atoms with Gasteiger partial charge in [-0.3, -0.25) is 0 Å². The second-order valence-electron chi connectivity index (χ2n) is 7.90. The van der Waals surface area contributed by atoms with Crippen LogP contribution in [0.2, 0.25) is 0 Å². The second kappa shape index (κ2) is 6.94. The molecule has 1 aliphatic rings. The molecule has 0 saturated carbocycles. The third-order valence-electron chi connectivity index (χ3n) is 5.97. The number of aromatic nitrogens is 1. The van der Waals surface area contributed by atoms with Gasteiger partial charge in [0, 0.05) is 10.9 Å². The van der Waals surface area contributed by atoms with Gasteiger partial charge in [0.1, 0.15) is 5.75 Å². The van der Waals surface area contributed by atoms with Gasteiger partial charge in [0.15, 0.2) is 0 Å². The fourth-order valence-electron chi connectivity index (χ4n) is 4.60. The van der Waals surface area contributed by atoms with Gasteiger partial charge < -0.3 is 4.74 Å². The summed E-state index contributed by atoms with van der Waals surface area (Å²) in [6.45, 7) is 5.07. The molecule has 3 aromatic carbocycles. The average molecular weight is 367 g/mol. The van der Waals surface area contributed by atoms with Crippen molar-refractivity contribution >= 4 is 21.7 Å². The second-order valence-corrected chi connectivity index (χ2v) is 7.90. The molecule has 1 atom stereocenters. The number of benzene rings is 3. The minimum atomic E-state index is 0.688. The lowest BCUT2D eigenvalue weighted by molar-refractivity contribution is 0.340. The van der Waals surface area contributed by atoms with Crippen LogP contribution in [0.5, 0.6) is 5.75 Å². The summed E-state index contributed by atoms with van der Waals surface area (Å²) in [5.41, 5.74) is 6.38. The predicted molar refractivity (Wildman–Crippen MR) is 117 cm³/mol. The van der Waals surface area contributed by atoms with Crippen molar-refractivity contribution in [2.75, 3.05) is 6.61 Å². The molecule has 0 fully saturated rings. The highest BCUT2D eigenvalue weighted by Crippen LogP contribution is 2.39. The highest BCUT2D eigenvalue weighted by Gasteiger charge is 2.23. The summed E-state index contributed by atoms with van der Waals surface area (Å²) in [4.78, 5) is 5.17. The van der Waals surface area contributed by atoms with Crippen LogP contribution in [0.4, 0.5) is 0 Å². The van der Waals surface area contributed by atoms with Gasteiger partial charge in [0.05, 0.1) is 17.8 Å². The molecule has 2 heteroatoms. The Labute approximate surface area is 166 Å². The summed E-state index contributed by atoms with van der Waals surface area (Å²) in [5, 5.41) is 3.98. The van der Waals surface area contributed by atoms with E-state index in [1.807, 2.05) is 6.92 Å². The number of fused-ring (bicyclic) bond motifs is 5. The molecule has 0 saturated heterocycles. The van der Waals surface area contributed by atoms with Crippen LogP contribution in [0, 0.1) is 5.92 Å². The molecular weight excluding hydrogens is 342 g/mol. The minimum absolute atomic E-state index is 0.688. The van der Waals surface area contributed by atoms with Crippen LogP contribution >= 0.6 is 0 Å². The Bertz CT molecular complexity index is 1160. The van der Waals surface area contributed by atoms with Gasteiger partial charge in [-0.25, -0.2) is 4.98 Å². The predicted octanol–water partition coefficient (Wildman–Crippen LogP) is 6.58. The van der Waals surface area contributed by atoms with Gasteiger partial charge in [0.2, 0.25) is 0 Å². The van der Waals surface area contributed by atoms with E-state index in [0.29, 0.717) is 12.5 Å². The third kappa shape index (κ3) is 2.84. The van der Waals surface area contributed by atoms with Crippen LogP contribution in [-0.4, -0.2) is 11.6 Å². The van der Waals surface area contributed by atoms with Crippen LogP contribution in [0.25, 0.3) is 32.9 Å². The summed E-state index contributed by atoms with van der Waals surface area (Å²) < 4.78 is 5.62. The molecule has 0 aliphatic heterocycles. The summed E-state index contributed by atoms with van der Waals surface area (Å²) >= 11 is 0. The molecular formula is C26H25NO. The molecule has 140 valence electrons. The van der Waals surface area contributed by atoms with E-state index in [-0.39, 0.29) is 0 Å². The fraction of sp³-hybridized carbons (Fsp3) is 0.269. The molecule has 1 unspecified atom stereocenters. The lowest BCUT2D eigenvalue weighted by Gasteiger charge is -2.26. The Balaban J connectivity index is 1.78. The van der Waals surface area contributed by atoms with Gasteiger partial charge in [-0.1, -0.05) is 37.3 Å². The third-order valence-corrected chi connectivity index (χ3v) is 5.97. The first-order valence-electron chi connectivity index (χ1n) is 10.3. The van der Waals surface area contributed by atoms with Crippen molar-refractivity contribution in [3.8, 4) is 17.0 Å². The number of nitrogens with zero attached hydrogens (tertiary/aromatic N) is 1. The lowest BCUT2D eigenvalue weighted by Crippen LogP contribution is -2.14. The minimum Gasteiger partial charge on any atom is -0.494 e. The molecule has 2 nitrogen and oxygen atoms in total. The van der Waals surface area contributed by atoms with E-state index in [2.05, 4.69) is 67.6 Å². The van der Waals surface area contributed by atoms with E-state index in [4.69, 9.17) is 9.72 Å². The molecule has 1 aliphatic carbocycles. The van der Waals surface area contributed by atoms with Gasteiger partial charge in [-0.15, -0.1) is 0 Å². The summed E-state index contributed by atoms with van der Waals surface area (Å²) in [6, 6.07) is 21.5. The SMILES string of the molecule is CCOc1ccc(-c2nc3ccc4ccccc4c3c3c2CCC(C)C3)cc1. The number of hydrogen-bond acceptors (Lipinski definition) is 2. The van der Waals surface area contributed by atoms with Crippen molar-refractivity contribution in [2.24, 2.45) is 5.92 Å². The normalized spacial score (nSPS) is 16.3. The van der Waals surface area contributed by atoms with Crippen molar-refractivity contribution in [1.29, 1.82) is 0 Å². The van der Waals surface area contributed by atoms with Gasteiger partial charge in [-0.2, -0.15) is 0 Å². The zero-order chi connectivity index (χ0) is 19.1. The van der Waals surface area contributed by atoms with Crippen molar-refractivity contribution in [2.45, 2.75) is 33.1 Å². The van der Waals surface area contributed by atoms with E-state index < -0.39 is 0 Å². The van der Waals surface area contributed by atoms with Crippen LogP contribution in [-0.2, 0) is 12.8 Å². The zero-order valence-corrected chi connectivity index (χ0v) is 16.5. The highest BCUT2D eigenvalue weighted by molar-refractivity contribution is 6.09. The first-order chi connectivity index (χ1) is 13.7. The Hall–Kier alpha value is -2.87.